The predicted molar refractivity (Wildman–Crippen MR) is 144 cm³/mol. The van der Waals surface area contributed by atoms with Crippen molar-refractivity contribution in [3.8, 4) is 17.2 Å². The van der Waals surface area contributed by atoms with Crippen LogP contribution in [0.2, 0.25) is 0 Å². The number of ether oxygens (including phenoxy) is 3. The number of benzene rings is 2. The molecule has 4 rings (SSSR count). The van der Waals surface area contributed by atoms with Gasteiger partial charge in [-0.2, -0.15) is 10.0 Å². The molecule has 0 saturated carbocycles. The lowest BCUT2D eigenvalue weighted by Crippen LogP contribution is -2.35. The lowest BCUT2D eigenvalue weighted by atomic mass is 10.1. The molecule has 0 bridgehead atoms. The Kier molecular flexibility index (Phi) is 7.98. The first-order chi connectivity index (χ1) is 17.7. The van der Waals surface area contributed by atoms with Gasteiger partial charge in [0.15, 0.2) is 5.84 Å². The minimum Gasteiger partial charge on any atom is -0.497 e. The molecule has 0 aliphatic carbocycles. The Hall–Kier alpha value is -3.64. The van der Waals surface area contributed by atoms with Gasteiger partial charge >= 0.3 is 0 Å². The number of fused-ring (bicyclic) bond motifs is 1. The lowest BCUT2D eigenvalue weighted by molar-refractivity contribution is -0.114. The summed E-state index contributed by atoms with van der Waals surface area (Å²) in [6.07, 6.45) is 1.52. The van der Waals surface area contributed by atoms with Crippen LogP contribution in [0.1, 0.15) is 19.4 Å². The number of thioether (sulfide) groups is 1. The Balaban J connectivity index is 1.38. The summed E-state index contributed by atoms with van der Waals surface area (Å²) in [5.41, 5.74) is 0.658. The number of carbonyl (C=O) groups is 1. The van der Waals surface area contributed by atoms with Gasteiger partial charge in [-0.25, -0.2) is 8.42 Å². The Morgan fingerprint density at radius 1 is 1.05 bits per heavy atom. The Labute approximate surface area is 219 Å². The van der Waals surface area contributed by atoms with Crippen LogP contribution in [0.4, 0.5) is 0 Å². The summed E-state index contributed by atoms with van der Waals surface area (Å²) in [6, 6.07) is 14.3. The lowest BCUT2D eigenvalue weighted by Gasteiger charge is -2.20. The maximum Gasteiger partial charge on any atom is 0.283 e. The highest BCUT2D eigenvalue weighted by molar-refractivity contribution is 8.42. The van der Waals surface area contributed by atoms with E-state index in [9.17, 15) is 13.2 Å². The second-order valence-electron chi connectivity index (χ2n) is 8.51. The SMILES string of the molecule is COc1cccc(OCCOc2ccc(/C=C3/C(=N)N4N=C(S(=O)(=O)CC(C)C)SC4=NC3=O)cc2)c1. The first-order valence-corrected chi connectivity index (χ1v) is 13.9. The van der Waals surface area contributed by atoms with Gasteiger partial charge in [0.2, 0.25) is 19.4 Å². The average molecular weight is 543 g/mol. The largest absolute Gasteiger partial charge is 0.497 e. The minimum absolute atomic E-state index is 0.0102. The second-order valence-corrected chi connectivity index (χ2v) is 11.7. The standard InChI is InChI=1S/C25H26N4O6S2/c1-16(2)15-37(31,32)25-28-29-22(26)21(23(30)27-24(29)36-25)13-17-7-9-18(10-8-17)34-11-12-35-20-6-4-5-19(14-20)33-3/h4-10,13-14,16,26H,11-12,15H2,1-3H3/b21-13-,26-22?. The van der Waals surface area contributed by atoms with Gasteiger partial charge in [0.1, 0.15) is 30.5 Å². The summed E-state index contributed by atoms with van der Waals surface area (Å²) in [5.74, 6) is 0.982. The molecule has 0 spiro atoms. The van der Waals surface area contributed by atoms with Crippen LogP contribution in [-0.4, -0.2) is 60.8 Å². The third-order valence-electron chi connectivity index (χ3n) is 5.11. The van der Waals surface area contributed by atoms with E-state index in [0.717, 1.165) is 16.8 Å². The first-order valence-electron chi connectivity index (χ1n) is 11.4. The van der Waals surface area contributed by atoms with E-state index in [2.05, 4.69) is 10.1 Å². The summed E-state index contributed by atoms with van der Waals surface area (Å²) in [5, 5.41) is 13.7. The number of hydrogen-bond acceptors (Lipinski definition) is 9. The van der Waals surface area contributed by atoms with Crippen LogP contribution in [0, 0.1) is 11.3 Å². The quantitative estimate of drug-likeness (QED) is 0.374. The molecule has 10 nitrogen and oxygen atoms in total. The zero-order chi connectivity index (χ0) is 26.6. The molecule has 37 heavy (non-hydrogen) atoms. The molecule has 0 fully saturated rings. The summed E-state index contributed by atoms with van der Waals surface area (Å²) in [7, 11) is -2.04. The Morgan fingerprint density at radius 3 is 2.41 bits per heavy atom. The van der Waals surface area contributed by atoms with E-state index in [0.29, 0.717) is 36.0 Å². The smallest absolute Gasteiger partial charge is 0.283 e. The van der Waals surface area contributed by atoms with Gasteiger partial charge in [-0.3, -0.25) is 10.2 Å². The van der Waals surface area contributed by atoms with Crippen LogP contribution in [0.5, 0.6) is 17.2 Å². The number of carbonyl (C=O) groups excluding carboxylic acids is 1. The summed E-state index contributed by atoms with van der Waals surface area (Å²) >= 11 is 0.787. The normalized spacial score (nSPS) is 16.5. The molecule has 0 unspecified atom stereocenters. The fourth-order valence-corrected chi connectivity index (χ4v) is 6.24. The monoisotopic (exact) mass is 542 g/mol. The molecule has 2 aromatic carbocycles. The van der Waals surface area contributed by atoms with Gasteiger partial charge in [-0.05, 0) is 53.6 Å². The van der Waals surface area contributed by atoms with Crippen LogP contribution in [0.25, 0.3) is 6.08 Å². The van der Waals surface area contributed by atoms with E-state index >= 15 is 0 Å². The van der Waals surface area contributed by atoms with Gasteiger partial charge in [-0.15, -0.1) is 5.10 Å². The molecule has 2 aliphatic heterocycles. The number of amides is 1. The van der Waals surface area contributed by atoms with Crippen molar-refractivity contribution in [3.63, 3.8) is 0 Å². The molecule has 1 amide bonds. The van der Waals surface area contributed by atoms with Gasteiger partial charge in [0, 0.05) is 6.07 Å². The number of sulfone groups is 1. The number of amidine groups is 2. The van der Waals surface area contributed by atoms with Crippen LogP contribution in [0.3, 0.4) is 0 Å². The molecular weight excluding hydrogens is 516 g/mol. The predicted octanol–water partition coefficient (Wildman–Crippen LogP) is 3.80. The number of aliphatic imine (C=N–C) groups is 1. The maximum absolute atomic E-state index is 12.6. The molecular formula is C25H26N4O6S2. The summed E-state index contributed by atoms with van der Waals surface area (Å²) in [4.78, 5) is 16.6. The summed E-state index contributed by atoms with van der Waals surface area (Å²) < 4.78 is 41.5. The van der Waals surface area contributed by atoms with Crippen molar-refractivity contribution in [3.05, 3.63) is 59.7 Å². The van der Waals surface area contributed by atoms with Crippen molar-refractivity contribution >= 4 is 49.0 Å². The van der Waals surface area contributed by atoms with Gasteiger partial charge in [0.05, 0.1) is 18.4 Å². The van der Waals surface area contributed by atoms with Crippen molar-refractivity contribution in [2.45, 2.75) is 13.8 Å². The van der Waals surface area contributed by atoms with E-state index < -0.39 is 15.7 Å². The number of rotatable bonds is 9. The van der Waals surface area contributed by atoms with Crippen molar-refractivity contribution < 1.29 is 27.4 Å². The van der Waals surface area contributed by atoms with Gasteiger partial charge in [0.25, 0.3) is 5.91 Å². The van der Waals surface area contributed by atoms with E-state index in [-0.39, 0.29) is 32.6 Å². The first kappa shape index (κ1) is 26.4. The van der Waals surface area contributed by atoms with Crippen molar-refractivity contribution in [2.24, 2.45) is 16.0 Å². The van der Waals surface area contributed by atoms with E-state index in [1.165, 1.54) is 6.08 Å². The zero-order valence-electron chi connectivity index (χ0n) is 20.5. The third kappa shape index (κ3) is 6.38. The Morgan fingerprint density at radius 2 is 1.73 bits per heavy atom. The van der Waals surface area contributed by atoms with Crippen LogP contribution in [0.15, 0.2) is 64.2 Å². The third-order valence-corrected chi connectivity index (χ3v) is 8.54. The molecule has 0 aromatic heterocycles. The molecule has 194 valence electrons. The molecule has 0 atom stereocenters. The zero-order valence-corrected chi connectivity index (χ0v) is 22.1. The molecule has 1 N–H and O–H groups in total. The molecule has 2 aliphatic rings. The molecule has 2 aromatic rings. The number of nitrogens with one attached hydrogen (secondary N) is 1. The highest BCUT2D eigenvalue weighted by Crippen LogP contribution is 2.31. The molecule has 12 heteroatoms. The minimum atomic E-state index is -3.63. The second kappa shape index (κ2) is 11.2. The summed E-state index contributed by atoms with van der Waals surface area (Å²) in [6.45, 7) is 4.25. The van der Waals surface area contributed by atoms with Crippen LogP contribution in [-0.2, 0) is 14.6 Å². The van der Waals surface area contributed by atoms with E-state index in [1.807, 2.05) is 18.2 Å². The highest BCUT2D eigenvalue weighted by atomic mass is 32.3. The van der Waals surface area contributed by atoms with Crippen LogP contribution >= 0.6 is 11.8 Å². The van der Waals surface area contributed by atoms with Crippen LogP contribution < -0.4 is 14.2 Å². The molecule has 0 radical (unpaired) electrons. The number of hydrazone groups is 1. The number of hydrogen-bond donors (Lipinski definition) is 1. The Bertz CT molecular complexity index is 1400. The van der Waals surface area contributed by atoms with E-state index in [1.54, 1.807) is 51.3 Å². The van der Waals surface area contributed by atoms with Crippen molar-refractivity contribution in [1.29, 1.82) is 5.41 Å². The number of nitrogens with zero attached hydrogens (tertiary/aromatic N) is 3. The number of methoxy groups -OCH3 is 1. The van der Waals surface area contributed by atoms with Crippen molar-refractivity contribution in [1.82, 2.24) is 5.01 Å². The highest BCUT2D eigenvalue weighted by Gasteiger charge is 2.39. The van der Waals surface area contributed by atoms with Gasteiger partial charge < -0.3 is 14.2 Å². The van der Waals surface area contributed by atoms with Gasteiger partial charge in [-0.1, -0.05) is 32.0 Å². The fourth-order valence-electron chi connectivity index (χ4n) is 3.45. The fraction of sp³-hybridized carbons (Fsp3) is 0.280. The maximum atomic E-state index is 12.6. The molecule has 2 heterocycles. The molecule has 0 saturated heterocycles. The topological polar surface area (TPSA) is 131 Å². The average Bonchev–Trinajstić information content (AvgIpc) is 3.30. The van der Waals surface area contributed by atoms with Crippen molar-refractivity contribution in [2.75, 3.05) is 26.1 Å². The van der Waals surface area contributed by atoms with E-state index in [4.69, 9.17) is 19.6 Å².